The number of likely N-dealkylation sites (tertiary alicyclic amines) is 2. The molecule has 0 saturated carbocycles. The van der Waals surface area contributed by atoms with Gasteiger partial charge in [-0.1, -0.05) is 0 Å². The summed E-state index contributed by atoms with van der Waals surface area (Å²) >= 11 is 0. The van der Waals surface area contributed by atoms with Crippen LogP contribution in [-0.2, 0) is 11.2 Å². The van der Waals surface area contributed by atoms with Gasteiger partial charge in [0, 0.05) is 37.6 Å². The summed E-state index contributed by atoms with van der Waals surface area (Å²) in [6, 6.07) is 5.34. The van der Waals surface area contributed by atoms with Gasteiger partial charge in [0.15, 0.2) is 0 Å². The molecule has 2 aliphatic rings. The molecule has 0 radical (unpaired) electrons. The zero-order chi connectivity index (χ0) is 18.4. The number of carbonyl (C=O) groups is 1. The Morgan fingerprint density at radius 2 is 1.92 bits per heavy atom. The van der Waals surface area contributed by atoms with Crippen molar-refractivity contribution in [2.45, 2.75) is 58.0 Å². The molecule has 26 heavy (non-hydrogen) atoms. The number of piperidine rings is 2. The summed E-state index contributed by atoms with van der Waals surface area (Å²) in [5.41, 5.74) is 1.22. The number of hydrogen-bond donors (Lipinski definition) is 1. The van der Waals surface area contributed by atoms with E-state index in [1.807, 2.05) is 12.1 Å². The van der Waals surface area contributed by atoms with Gasteiger partial charge >= 0.3 is 0 Å². The second kappa shape index (κ2) is 9.47. The van der Waals surface area contributed by atoms with Crippen molar-refractivity contribution in [2.75, 3.05) is 32.7 Å². The Kier molecular flexibility index (Phi) is 7.03. The van der Waals surface area contributed by atoms with E-state index in [1.165, 1.54) is 31.5 Å². The lowest BCUT2D eigenvalue weighted by molar-refractivity contribution is -0.127. The van der Waals surface area contributed by atoms with E-state index < -0.39 is 0 Å². The van der Waals surface area contributed by atoms with Gasteiger partial charge in [-0.15, -0.1) is 0 Å². The summed E-state index contributed by atoms with van der Waals surface area (Å²) in [5.74, 6) is 0.396. The second-order valence-corrected chi connectivity index (χ2v) is 8.09. The number of pyridine rings is 1. The van der Waals surface area contributed by atoms with Gasteiger partial charge in [0.25, 0.3) is 0 Å². The van der Waals surface area contributed by atoms with Gasteiger partial charge < -0.3 is 10.2 Å². The van der Waals surface area contributed by atoms with E-state index in [2.05, 4.69) is 33.9 Å². The Balaban J connectivity index is 1.42. The first kappa shape index (κ1) is 19.3. The summed E-state index contributed by atoms with van der Waals surface area (Å²) in [7, 11) is 0. The third-order valence-corrected chi connectivity index (χ3v) is 6.03. The molecule has 0 aromatic carbocycles. The highest BCUT2D eigenvalue weighted by molar-refractivity contribution is 5.79. The van der Waals surface area contributed by atoms with Crippen LogP contribution >= 0.6 is 0 Å². The Morgan fingerprint density at radius 3 is 2.62 bits per heavy atom. The molecule has 0 spiro atoms. The lowest BCUT2D eigenvalue weighted by atomic mass is 9.93. The van der Waals surface area contributed by atoms with Crippen LogP contribution in [-0.4, -0.2) is 65.5 Å². The maximum Gasteiger partial charge on any atom is 0.224 e. The first-order valence-electron chi connectivity index (χ1n) is 10.3. The normalized spacial score (nSPS) is 23.3. The van der Waals surface area contributed by atoms with Crippen LogP contribution in [0.4, 0.5) is 0 Å². The van der Waals surface area contributed by atoms with Crippen LogP contribution in [0, 0.1) is 5.92 Å². The van der Waals surface area contributed by atoms with Crippen LogP contribution < -0.4 is 5.32 Å². The van der Waals surface area contributed by atoms with E-state index in [1.54, 1.807) is 12.4 Å². The summed E-state index contributed by atoms with van der Waals surface area (Å²) < 4.78 is 0. The predicted octanol–water partition coefficient (Wildman–Crippen LogP) is 2.33. The van der Waals surface area contributed by atoms with Crippen LogP contribution in [0.3, 0.4) is 0 Å². The third-order valence-electron chi connectivity index (χ3n) is 6.03. The van der Waals surface area contributed by atoms with Crippen LogP contribution in [0.2, 0.25) is 0 Å². The highest BCUT2D eigenvalue weighted by atomic mass is 16.1. The van der Waals surface area contributed by atoms with E-state index in [0.717, 1.165) is 32.4 Å². The number of nitrogens with zero attached hydrogens (tertiary/aromatic N) is 3. The molecular weight excluding hydrogens is 324 g/mol. The average Bonchev–Trinajstić information content (AvgIpc) is 2.69. The maximum atomic E-state index is 12.6. The van der Waals surface area contributed by atoms with Crippen molar-refractivity contribution in [3.8, 4) is 0 Å². The molecule has 2 aliphatic heterocycles. The smallest absolute Gasteiger partial charge is 0.224 e. The standard InChI is InChI=1S/C21H34N4O/c1-17(2)24-14-8-20(9-15-24)25-13-3-4-19(16-25)21(26)23-12-7-18-5-10-22-11-6-18/h5-6,10-11,17,19-20H,3-4,7-9,12-16H2,1-2H3,(H,23,26)/t19-/m1/s1. The van der Waals surface area contributed by atoms with Crippen molar-refractivity contribution in [3.05, 3.63) is 30.1 Å². The second-order valence-electron chi connectivity index (χ2n) is 8.09. The SMILES string of the molecule is CC(C)N1CCC(N2CCC[C@@H](C(=O)NCCc3ccncc3)C2)CC1. The zero-order valence-corrected chi connectivity index (χ0v) is 16.4. The minimum atomic E-state index is 0.157. The number of carbonyl (C=O) groups excluding carboxylic acids is 1. The van der Waals surface area contributed by atoms with E-state index in [4.69, 9.17) is 0 Å². The van der Waals surface area contributed by atoms with Crippen molar-refractivity contribution in [3.63, 3.8) is 0 Å². The molecule has 3 heterocycles. The fourth-order valence-electron chi connectivity index (χ4n) is 4.34. The van der Waals surface area contributed by atoms with E-state index in [0.29, 0.717) is 18.6 Å². The van der Waals surface area contributed by atoms with Crippen molar-refractivity contribution in [1.29, 1.82) is 0 Å². The topological polar surface area (TPSA) is 48.5 Å². The minimum absolute atomic E-state index is 0.157. The van der Waals surface area contributed by atoms with Crippen LogP contribution in [0.15, 0.2) is 24.5 Å². The number of rotatable bonds is 6. The van der Waals surface area contributed by atoms with Gasteiger partial charge in [-0.25, -0.2) is 0 Å². The minimum Gasteiger partial charge on any atom is -0.355 e. The van der Waals surface area contributed by atoms with Crippen molar-refractivity contribution in [2.24, 2.45) is 5.92 Å². The predicted molar refractivity (Wildman–Crippen MR) is 105 cm³/mol. The van der Waals surface area contributed by atoms with Crippen LogP contribution in [0.1, 0.15) is 45.1 Å². The molecule has 0 bridgehead atoms. The van der Waals surface area contributed by atoms with E-state index in [-0.39, 0.29) is 11.8 Å². The summed E-state index contributed by atoms with van der Waals surface area (Å²) in [4.78, 5) is 21.8. The monoisotopic (exact) mass is 358 g/mol. The van der Waals surface area contributed by atoms with Gasteiger partial charge in [-0.3, -0.25) is 14.7 Å². The Hall–Kier alpha value is -1.46. The fourth-order valence-corrected chi connectivity index (χ4v) is 4.34. The molecule has 0 aliphatic carbocycles. The fraction of sp³-hybridized carbons (Fsp3) is 0.714. The van der Waals surface area contributed by atoms with Gasteiger partial charge in [0.2, 0.25) is 5.91 Å². The Labute approximate surface area is 158 Å². The number of amides is 1. The van der Waals surface area contributed by atoms with E-state index >= 15 is 0 Å². The van der Waals surface area contributed by atoms with Gasteiger partial charge in [0.05, 0.1) is 5.92 Å². The molecule has 0 unspecified atom stereocenters. The highest BCUT2D eigenvalue weighted by Crippen LogP contribution is 2.24. The number of hydrogen-bond acceptors (Lipinski definition) is 4. The maximum absolute atomic E-state index is 12.6. The first-order chi connectivity index (χ1) is 12.6. The van der Waals surface area contributed by atoms with Crippen LogP contribution in [0.25, 0.3) is 0 Å². The van der Waals surface area contributed by atoms with E-state index in [9.17, 15) is 4.79 Å². The lowest BCUT2D eigenvalue weighted by Crippen LogP contribution is -2.51. The molecule has 1 amide bonds. The van der Waals surface area contributed by atoms with Gasteiger partial charge in [-0.05, 0) is 83.3 Å². The average molecular weight is 359 g/mol. The van der Waals surface area contributed by atoms with Gasteiger partial charge in [0.1, 0.15) is 0 Å². The molecule has 5 nitrogen and oxygen atoms in total. The Morgan fingerprint density at radius 1 is 1.19 bits per heavy atom. The molecule has 3 rings (SSSR count). The lowest BCUT2D eigenvalue weighted by Gasteiger charge is -2.43. The molecule has 5 heteroatoms. The summed E-state index contributed by atoms with van der Waals surface area (Å²) in [5, 5.41) is 3.15. The molecular formula is C21H34N4O. The summed E-state index contributed by atoms with van der Waals surface area (Å²) in [6.07, 6.45) is 9.15. The molecule has 144 valence electrons. The Bertz CT molecular complexity index is 554. The molecule has 2 fully saturated rings. The van der Waals surface area contributed by atoms with Crippen LogP contribution in [0.5, 0.6) is 0 Å². The molecule has 1 aromatic heterocycles. The quantitative estimate of drug-likeness (QED) is 0.848. The summed E-state index contributed by atoms with van der Waals surface area (Å²) in [6.45, 7) is 9.77. The first-order valence-corrected chi connectivity index (χ1v) is 10.3. The van der Waals surface area contributed by atoms with Crippen molar-refractivity contribution < 1.29 is 4.79 Å². The molecule has 1 N–H and O–H groups in total. The van der Waals surface area contributed by atoms with Crippen molar-refractivity contribution in [1.82, 2.24) is 20.1 Å². The number of nitrogens with one attached hydrogen (secondary N) is 1. The zero-order valence-electron chi connectivity index (χ0n) is 16.4. The highest BCUT2D eigenvalue weighted by Gasteiger charge is 2.31. The molecule has 1 atom stereocenters. The largest absolute Gasteiger partial charge is 0.355 e. The molecule has 2 saturated heterocycles. The molecule has 1 aromatic rings. The van der Waals surface area contributed by atoms with Gasteiger partial charge in [-0.2, -0.15) is 0 Å². The number of aromatic nitrogens is 1. The third kappa shape index (κ3) is 5.27. The van der Waals surface area contributed by atoms with Crippen molar-refractivity contribution >= 4 is 5.91 Å².